The van der Waals surface area contributed by atoms with E-state index in [9.17, 15) is 4.79 Å². The van der Waals surface area contributed by atoms with Crippen molar-refractivity contribution in [1.82, 2.24) is 10.3 Å². The summed E-state index contributed by atoms with van der Waals surface area (Å²) < 4.78 is 5.63. The minimum absolute atomic E-state index is 0.299. The van der Waals surface area contributed by atoms with Gasteiger partial charge < -0.3 is 4.42 Å². The lowest BCUT2D eigenvalue weighted by molar-refractivity contribution is 0.0952. The smallest absolute Gasteiger partial charge is 0.268 e. The van der Waals surface area contributed by atoms with Crippen LogP contribution in [0.2, 0.25) is 0 Å². The van der Waals surface area contributed by atoms with Crippen LogP contribution in [0.25, 0.3) is 0 Å². The van der Waals surface area contributed by atoms with Gasteiger partial charge in [-0.1, -0.05) is 13.8 Å². The Bertz CT molecular complexity index is 455. The Morgan fingerprint density at radius 1 is 1.47 bits per heavy atom. The molecule has 1 aromatic rings. The lowest BCUT2D eigenvalue weighted by Gasteiger charge is -2.36. The van der Waals surface area contributed by atoms with Crippen LogP contribution in [0.3, 0.4) is 0 Å². The first-order chi connectivity index (χ1) is 8.91. The van der Waals surface area contributed by atoms with Crippen LogP contribution in [0.1, 0.15) is 48.6 Å². The summed E-state index contributed by atoms with van der Waals surface area (Å²) in [6, 6.07) is 1.79. The molecule has 1 saturated heterocycles. The number of nitrogen functional groups attached to an aromatic ring is 1. The minimum Gasteiger partial charge on any atom is -0.464 e. The molecule has 0 spiro atoms. The molecule has 2 heterocycles. The first-order valence-electron chi connectivity index (χ1n) is 6.74. The van der Waals surface area contributed by atoms with Gasteiger partial charge in [0, 0.05) is 0 Å². The Labute approximate surface area is 114 Å². The van der Waals surface area contributed by atoms with E-state index >= 15 is 0 Å². The molecule has 0 bridgehead atoms. The molecule has 1 amide bonds. The van der Waals surface area contributed by atoms with E-state index in [1.807, 2.05) is 0 Å². The summed E-state index contributed by atoms with van der Waals surface area (Å²) in [5.41, 5.74) is 3.10. The second-order valence-corrected chi connectivity index (χ2v) is 6.10. The van der Waals surface area contributed by atoms with Crippen molar-refractivity contribution in [3.63, 3.8) is 0 Å². The molecule has 0 aromatic carbocycles. The second kappa shape index (κ2) is 5.35. The van der Waals surface area contributed by atoms with Crippen LogP contribution >= 0.6 is 0 Å². The average Bonchev–Trinajstić information content (AvgIpc) is 2.72. The molecule has 5 nitrogen and oxygen atoms in total. The first-order valence-corrected chi connectivity index (χ1v) is 6.74. The molecule has 3 N–H and O–H groups in total. The highest BCUT2D eigenvalue weighted by molar-refractivity contribution is 5.94. The Morgan fingerprint density at radius 2 is 2.11 bits per heavy atom. The number of amides is 1. The van der Waals surface area contributed by atoms with E-state index in [1.165, 1.54) is 12.8 Å². The summed E-state index contributed by atoms with van der Waals surface area (Å²) in [7, 11) is 0. The molecule has 1 aliphatic heterocycles. The third-order valence-corrected chi connectivity index (χ3v) is 3.93. The zero-order chi connectivity index (χ0) is 14.0. The third-order valence-electron chi connectivity index (χ3n) is 3.93. The molecule has 19 heavy (non-hydrogen) atoms. The molecule has 0 atom stereocenters. The monoisotopic (exact) mass is 265 g/mol. The number of rotatable bonds is 3. The van der Waals surface area contributed by atoms with Crippen LogP contribution < -0.4 is 11.3 Å². The van der Waals surface area contributed by atoms with Crippen LogP contribution in [0, 0.1) is 12.3 Å². The first kappa shape index (κ1) is 14.1. The van der Waals surface area contributed by atoms with Crippen molar-refractivity contribution in [1.29, 1.82) is 0 Å². The zero-order valence-corrected chi connectivity index (χ0v) is 12.0. The standard InChI is InChI=1S/C14H23N3O2/c1-10-12(13(18)16-15)8-11(19-10)9-17-6-4-14(2,3)5-7-17/h8H,4-7,9,15H2,1-3H3,(H,16,18). The maximum absolute atomic E-state index is 11.5. The van der Waals surface area contributed by atoms with Crippen molar-refractivity contribution in [2.75, 3.05) is 13.1 Å². The maximum atomic E-state index is 11.5. The summed E-state index contributed by atoms with van der Waals surface area (Å²) >= 11 is 0. The van der Waals surface area contributed by atoms with Gasteiger partial charge in [-0.05, 0) is 44.3 Å². The molecule has 1 aliphatic rings. The number of likely N-dealkylation sites (tertiary alicyclic amines) is 1. The topological polar surface area (TPSA) is 71.5 Å². The second-order valence-electron chi connectivity index (χ2n) is 6.10. The fourth-order valence-corrected chi connectivity index (χ4v) is 2.46. The van der Waals surface area contributed by atoms with E-state index < -0.39 is 0 Å². The number of nitrogens with one attached hydrogen (secondary N) is 1. The van der Waals surface area contributed by atoms with Gasteiger partial charge in [0.2, 0.25) is 0 Å². The number of hydrogen-bond acceptors (Lipinski definition) is 4. The third kappa shape index (κ3) is 3.36. The van der Waals surface area contributed by atoms with Gasteiger partial charge >= 0.3 is 0 Å². The van der Waals surface area contributed by atoms with E-state index in [0.717, 1.165) is 25.4 Å². The van der Waals surface area contributed by atoms with Gasteiger partial charge in [0.25, 0.3) is 5.91 Å². The molecular weight excluding hydrogens is 242 g/mol. The van der Waals surface area contributed by atoms with E-state index in [0.29, 0.717) is 16.7 Å². The summed E-state index contributed by atoms with van der Waals surface area (Å²) in [5, 5.41) is 0. The molecule has 1 fully saturated rings. The van der Waals surface area contributed by atoms with Crippen molar-refractivity contribution in [3.05, 3.63) is 23.2 Å². The molecule has 5 heteroatoms. The lowest BCUT2D eigenvalue weighted by Crippen LogP contribution is -2.36. The number of aryl methyl sites for hydroxylation is 1. The highest BCUT2D eigenvalue weighted by Gasteiger charge is 2.26. The number of nitrogens with zero attached hydrogens (tertiary/aromatic N) is 1. The zero-order valence-electron chi connectivity index (χ0n) is 12.0. The van der Waals surface area contributed by atoms with Crippen LogP contribution in [-0.2, 0) is 6.54 Å². The van der Waals surface area contributed by atoms with Gasteiger partial charge in [0.05, 0.1) is 12.1 Å². The molecule has 0 aliphatic carbocycles. The molecule has 0 unspecified atom stereocenters. The van der Waals surface area contributed by atoms with Gasteiger partial charge in [-0.2, -0.15) is 0 Å². The molecule has 106 valence electrons. The summed E-state index contributed by atoms with van der Waals surface area (Å²) in [6.07, 6.45) is 2.39. The highest BCUT2D eigenvalue weighted by atomic mass is 16.3. The van der Waals surface area contributed by atoms with Gasteiger partial charge in [-0.3, -0.25) is 15.1 Å². The van der Waals surface area contributed by atoms with E-state index in [-0.39, 0.29) is 5.91 Å². The fourth-order valence-electron chi connectivity index (χ4n) is 2.46. The minimum atomic E-state index is -0.299. The molecular formula is C14H23N3O2. The quantitative estimate of drug-likeness (QED) is 0.497. The predicted octanol–water partition coefficient (Wildman–Crippen LogP) is 1.81. The van der Waals surface area contributed by atoms with E-state index in [4.69, 9.17) is 10.3 Å². The Kier molecular flexibility index (Phi) is 3.96. The molecule has 2 rings (SSSR count). The van der Waals surface area contributed by atoms with Crippen LogP contribution in [0.4, 0.5) is 0 Å². The molecule has 1 aromatic heterocycles. The Morgan fingerprint density at radius 3 is 2.68 bits per heavy atom. The van der Waals surface area contributed by atoms with Crippen molar-refractivity contribution in [3.8, 4) is 0 Å². The average molecular weight is 265 g/mol. The lowest BCUT2D eigenvalue weighted by atomic mass is 9.83. The fraction of sp³-hybridized carbons (Fsp3) is 0.643. The SMILES string of the molecule is Cc1oc(CN2CCC(C)(C)CC2)cc1C(=O)NN. The number of furan rings is 1. The number of hydrazine groups is 1. The highest BCUT2D eigenvalue weighted by Crippen LogP contribution is 2.30. The van der Waals surface area contributed by atoms with Gasteiger partial charge in [0.15, 0.2) is 0 Å². The number of hydrogen-bond donors (Lipinski definition) is 2. The van der Waals surface area contributed by atoms with Crippen LogP contribution in [0.5, 0.6) is 0 Å². The van der Waals surface area contributed by atoms with Crippen molar-refractivity contribution >= 4 is 5.91 Å². The summed E-state index contributed by atoms with van der Waals surface area (Å²) in [5.74, 6) is 6.30. The van der Waals surface area contributed by atoms with Crippen molar-refractivity contribution in [2.45, 2.75) is 40.2 Å². The largest absolute Gasteiger partial charge is 0.464 e. The summed E-state index contributed by atoms with van der Waals surface area (Å²) in [6.45, 7) is 9.31. The number of carbonyl (C=O) groups is 1. The molecule has 0 radical (unpaired) electrons. The normalized spacial score (nSPS) is 19.4. The maximum Gasteiger partial charge on any atom is 0.268 e. The number of piperidine rings is 1. The van der Waals surface area contributed by atoms with Crippen LogP contribution in [-0.4, -0.2) is 23.9 Å². The predicted molar refractivity (Wildman–Crippen MR) is 73.4 cm³/mol. The number of carbonyl (C=O) groups excluding carboxylic acids is 1. The Hall–Kier alpha value is -1.33. The van der Waals surface area contributed by atoms with E-state index in [1.54, 1.807) is 13.0 Å². The van der Waals surface area contributed by atoms with Crippen molar-refractivity contribution < 1.29 is 9.21 Å². The van der Waals surface area contributed by atoms with Gasteiger partial charge in [-0.25, -0.2) is 5.84 Å². The van der Waals surface area contributed by atoms with Gasteiger partial charge in [-0.15, -0.1) is 0 Å². The Balaban J connectivity index is 1.99. The van der Waals surface area contributed by atoms with Gasteiger partial charge in [0.1, 0.15) is 11.5 Å². The van der Waals surface area contributed by atoms with Crippen LogP contribution in [0.15, 0.2) is 10.5 Å². The number of nitrogens with two attached hydrogens (primary N) is 1. The van der Waals surface area contributed by atoms with Crippen molar-refractivity contribution in [2.24, 2.45) is 11.3 Å². The van der Waals surface area contributed by atoms with E-state index in [2.05, 4.69) is 24.2 Å². The summed E-state index contributed by atoms with van der Waals surface area (Å²) in [4.78, 5) is 13.9. The molecule has 0 saturated carbocycles.